The first-order valence-corrected chi connectivity index (χ1v) is 21.5. The van der Waals surface area contributed by atoms with Crippen LogP contribution < -0.4 is 5.32 Å². The van der Waals surface area contributed by atoms with Crippen LogP contribution in [0.2, 0.25) is 0 Å². The number of aliphatic carboxylic acids is 1. The fourth-order valence-corrected chi connectivity index (χ4v) is 14.1. The highest BCUT2D eigenvalue weighted by atomic mass is 16.5. The lowest BCUT2D eigenvalue weighted by Gasteiger charge is -2.72. The molecule has 1 amide bonds. The zero-order valence-corrected chi connectivity index (χ0v) is 35.4. The number of allylic oxidation sites excluding steroid dienone is 2. The van der Waals surface area contributed by atoms with Gasteiger partial charge < -0.3 is 15.2 Å². The highest BCUT2D eigenvalue weighted by Crippen LogP contribution is 2.77. The molecule has 55 heavy (non-hydrogen) atoms. The number of nitrogens with zero attached hydrogens (tertiary/aromatic N) is 1. The predicted octanol–water partition coefficient (Wildman–Crippen LogP) is 9.61. The molecule has 1 heterocycles. The molecule has 0 radical (unpaired) electrons. The van der Waals surface area contributed by atoms with Crippen LogP contribution in [0.1, 0.15) is 158 Å². The van der Waals surface area contributed by atoms with Gasteiger partial charge in [0.05, 0.1) is 23.1 Å². The Morgan fingerprint density at radius 2 is 1.62 bits per heavy atom. The lowest BCUT2D eigenvalue weighted by atomic mass is 9.32. The van der Waals surface area contributed by atoms with Crippen molar-refractivity contribution in [2.24, 2.45) is 62.1 Å². The van der Waals surface area contributed by atoms with Gasteiger partial charge in [0.2, 0.25) is 5.91 Å². The summed E-state index contributed by atoms with van der Waals surface area (Å²) in [6.45, 7) is 22.0. The van der Waals surface area contributed by atoms with Gasteiger partial charge in [0.25, 0.3) is 0 Å². The van der Waals surface area contributed by atoms with Crippen molar-refractivity contribution in [2.75, 3.05) is 0 Å². The van der Waals surface area contributed by atoms with Gasteiger partial charge in [0, 0.05) is 29.9 Å². The van der Waals surface area contributed by atoms with E-state index in [0.717, 1.165) is 75.5 Å². The third-order valence-corrected chi connectivity index (χ3v) is 17.6. The van der Waals surface area contributed by atoms with E-state index in [2.05, 4.69) is 65.7 Å². The van der Waals surface area contributed by atoms with E-state index in [0.29, 0.717) is 36.4 Å². The maximum Gasteiger partial charge on any atom is 0.309 e. The fraction of sp³-hybridized carbons (Fsp3) is 0.766. The summed E-state index contributed by atoms with van der Waals surface area (Å²) in [7, 11) is 0. The van der Waals surface area contributed by atoms with Crippen LogP contribution in [0, 0.1) is 62.1 Å². The summed E-state index contributed by atoms with van der Waals surface area (Å²) >= 11 is 0. The minimum atomic E-state index is -1.17. The largest absolute Gasteiger partial charge is 0.481 e. The summed E-state index contributed by atoms with van der Waals surface area (Å²) in [5, 5.41) is 13.0. The monoisotopic (exact) mass is 757 g/mol. The molecule has 8 heteroatoms. The molecule has 7 rings (SSSR count). The van der Waals surface area contributed by atoms with Crippen LogP contribution in [0.25, 0.3) is 0 Å². The summed E-state index contributed by atoms with van der Waals surface area (Å²) < 4.78 is 6.19. The molecule has 302 valence electrons. The minimum absolute atomic E-state index is 0.0163. The Bertz CT molecular complexity index is 1780. The molecule has 0 aliphatic heterocycles. The minimum Gasteiger partial charge on any atom is -0.481 e. The molecule has 2 N–H and O–H groups in total. The summed E-state index contributed by atoms with van der Waals surface area (Å²) in [6.07, 6.45) is 12.3. The number of aromatic nitrogens is 1. The van der Waals surface area contributed by atoms with E-state index in [1.807, 2.05) is 18.2 Å². The number of hydrogen-bond acceptors (Lipinski definition) is 6. The quantitative estimate of drug-likeness (QED) is 0.228. The van der Waals surface area contributed by atoms with E-state index in [-0.39, 0.29) is 62.9 Å². The second kappa shape index (κ2) is 13.3. The van der Waals surface area contributed by atoms with Crippen molar-refractivity contribution in [2.45, 2.75) is 164 Å². The number of Topliss-reactive ketones (excluding diaryl/α,β-unsaturated/α-hetero) is 1. The normalized spacial score (nSPS) is 37.9. The van der Waals surface area contributed by atoms with Crippen LogP contribution >= 0.6 is 0 Å². The lowest BCUT2D eigenvalue weighted by molar-refractivity contribution is -0.234. The predicted molar refractivity (Wildman–Crippen MR) is 212 cm³/mol. The van der Waals surface area contributed by atoms with Crippen molar-refractivity contribution in [1.29, 1.82) is 0 Å². The number of esters is 1. The Morgan fingerprint density at radius 1 is 0.909 bits per heavy atom. The average Bonchev–Trinajstić information content (AvgIpc) is 3.80. The first kappa shape index (κ1) is 40.2. The maximum atomic E-state index is 14.2. The molecule has 1 aromatic rings. The molecule has 8 nitrogen and oxygen atoms in total. The van der Waals surface area contributed by atoms with Crippen molar-refractivity contribution < 1.29 is 29.0 Å². The molecule has 0 bridgehead atoms. The van der Waals surface area contributed by atoms with Gasteiger partial charge in [0.15, 0.2) is 5.78 Å². The van der Waals surface area contributed by atoms with Gasteiger partial charge in [-0.05, 0) is 142 Å². The van der Waals surface area contributed by atoms with E-state index in [4.69, 9.17) is 4.74 Å². The van der Waals surface area contributed by atoms with Crippen LogP contribution in [0.5, 0.6) is 0 Å². The number of carboxylic acids is 1. The van der Waals surface area contributed by atoms with E-state index in [1.165, 1.54) is 5.57 Å². The molecule has 0 aromatic carbocycles. The molecule has 0 saturated heterocycles. The number of hydrogen-bond donors (Lipinski definition) is 2. The number of rotatable bonds is 10. The SMILES string of the molecule is CC(C)C1=C2C3CCC4C5(C)CCC(OC(=O)CC(C)(C)C(=O)O)C(C)(C)C5CCC4(C)C3(C)CCC2(C(C)CC(=O)NC2(c3ccccn3)CC2)CC1=O. The van der Waals surface area contributed by atoms with Gasteiger partial charge in [0.1, 0.15) is 6.10 Å². The topological polar surface area (TPSA) is 123 Å². The van der Waals surface area contributed by atoms with E-state index >= 15 is 0 Å². The first-order chi connectivity index (χ1) is 25.6. The van der Waals surface area contributed by atoms with Crippen molar-refractivity contribution in [3.05, 3.63) is 41.2 Å². The number of fused-ring (bicyclic) bond motifs is 7. The number of carboxylic acid groups (broad SMARTS) is 1. The molecule has 9 unspecified atom stereocenters. The van der Waals surface area contributed by atoms with E-state index < -0.39 is 17.4 Å². The average molecular weight is 757 g/mol. The van der Waals surface area contributed by atoms with Crippen LogP contribution in [0.3, 0.4) is 0 Å². The van der Waals surface area contributed by atoms with E-state index in [1.54, 1.807) is 20.0 Å². The molecular weight excluding hydrogens is 689 g/mol. The first-order valence-electron chi connectivity index (χ1n) is 21.5. The van der Waals surface area contributed by atoms with E-state index in [9.17, 15) is 24.3 Å². The number of ketones is 1. The highest BCUT2D eigenvalue weighted by molar-refractivity contribution is 6.01. The number of amides is 1. The second-order valence-electron chi connectivity index (χ2n) is 21.5. The zero-order chi connectivity index (χ0) is 40.1. The van der Waals surface area contributed by atoms with Gasteiger partial charge in [-0.15, -0.1) is 0 Å². The van der Waals surface area contributed by atoms with Crippen molar-refractivity contribution in [3.8, 4) is 0 Å². The number of carbonyl (C=O) groups is 4. The lowest BCUT2D eigenvalue weighted by Crippen LogP contribution is -2.66. The Balaban J connectivity index is 1.14. The van der Waals surface area contributed by atoms with Gasteiger partial charge in [-0.2, -0.15) is 0 Å². The number of nitrogens with one attached hydrogen (secondary N) is 1. The van der Waals surface area contributed by atoms with Gasteiger partial charge in [-0.3, -0.25) is 24.2 Å². The standard InChI is InChI=1S/C47H68N2O6/c1-28(2)38-31(50)26-46(29(3)25-36(51)49-47(22-23-47)34-13-11-12-24-48-34)21-20-44(9)30(39(38)46)14-15-33-43(8)18-17-35(55-37(52)27-41(4,5)40(53)54)42(6,7)32(43)16-19-45(33,44)10/h11-13,24,28-30,32-33,35H,14-23,25-27H2,1-10H3,(H,49,51)(H,53,54). The van der Waals surface area contributed by atoms with Crippen molar-refractivity contribution >= 4 is 23.6 Å². The Kier molecular flexibility index (Phi) is 9.69. The zero-order valence-electron chi connectivity index (χ0n) is 35.4. The smallest absolute Gasteiger partial charge is 0.309 e. The van der Waals surface area contributed by atoms with Gasteiger partial charge >= 0.3 is 11.9 Å². The van der Waals surface area contributed by atoms with Gasteiger partial charge in [-0.1, -0.05) is 67.0 Å². The molecular formula is C47H68N2O6. The molecule has 6 aliphatic carbocycles. The Hall–Kier alpha value is -3.03. The highest BCUT2D eigenvalue weighted by Gasteiger charge is 2.70. The molecule has 1 aromatic heterocycles. The summed E-state index contributed by atoms with van der Waals surface area (Å²) in [4.78, 5) is 57.6. The van der Waals surface area contributed by atoms with Crippen molar-refractivity contribution in [3.63, 3.8) is 0 Å². The van der Waals surface area contributed by atoms with Crippen LogP contribution in [-0.4, -0.2) is 39.8 Å². The third kappa shape index (κ3) is 6.06. The second-order valence-corrected chi connectivity index (χ2v) is 21.5. The molecule has 0 spiro atoms. The molecule has 9 atom stereocenters. The van der Waals surface area contributed by atoms with Crippen LogP contribution in [-0.2, 0) is 29.5 Å². The summed E-state index contributed by atoms with van der Waals surface area (Å²) in [5.41, 5.74) is 1.52. The van der Waals surface area contributed by atoms with Crippen LogP contribution in [0.4, 0.5) is 0 Å². The Labute approximate surface area is 329 Å². The summed E-state index contributed by atoms with van der Waals surface area (Å²) in [5.74, 6) is 0.339. The fourth-order valence-electron chi connectivity index (χ4n) is 14.1. The third-order valence-electron chi connectivity index (χ3n) is 17.6. The number of pyridine rings is 1. The molecule has 5 fully saturated rings. The Morgan fingerprint density at radius 3 is 2.24 bits per heavy atom. The van der Waals surface area contributed by atoms with Crippen molar-refractivity contribution in [1.82, 2.24) is 10.3 Å². The maximum absolute atomic E-state index is 14.2. The molecule has 5 saturated carbocycles. The van der Waals surface area contributed by atoms with Crippen LogP contribution in [0.15, 0.2) is 35.5 Å². The number of carbonyl (C=O) groups excluding carboxylic acids is 3. The van der Waals surface area contributed by atoms with Gasteiger partial charge in [-0.25, -0.2) is 0 Å². The number of ether oxygens (including phenoxy) is 1. The molecule has 6 aliphatic rings. The summed E-state index contributed by atoms with van der Waals surface area (Å²) in [6, 6.07) is 5.92.